The maximum atomic E-state index is 12.6. The van der Waals surface area contributed by atoms with Gasteiger partial charge < -0.3 is 4.90 Å². The van der Waals surface area contributed by atoms with Gasteiger partial charge in [0, 0.05) is 19.7 Å². The lowest BCUT2D eigenvalue weighted by Crippen LogP contribution is -2.22. The van der Waals surface area contributed by atoms with Crippen LogP contribution in [0.4, 0.5) is 18.9 Å². The van der Waals surface area contributed by atoms with E-state index < -0.39 is 28.3 Å². The Morgan fingerprint density at radius 2 is 1.68 bits per heavy atom. The maximum Gasteiger partial charge on any atom is 0.416 e. The molecule has 0 aliphatic rings. The summed E-state index contributed by atoms with van der Waals surface area (Å²) in [5, 5.41) is 11.0. The first-order valence-electron chi connectivity index (χ1n) is 6.90. The molecule has 0 radical (unpaired) electrons. The molecule has 0 aromatic heterocycles. The van der Waals surface area contributed by atoms with Gasteiger partial charge in [0.05, 0.1) is 10.5 Å². The average Bonchev–Trinajstić information content (AvgIpc) is 2.52. The summed E-state index contributed by atoms with van der Waals surface area (Å²) in [5.41, 5.74) is -1.20. The first-order chi connectivity index (χ1) is 11.5. The molecule has 2 aromatic carbocycles. The van der Waals surface area contributed by atoms with Crippen molar-refractivity contribution in [3.8, 4) is 11.1 Å². The van der Waals surface area contributed by atoms with Crippen molar-refractivity contribution in [2.45, 2.75) is 6.18 Å². The van der Waals surface area contributed by atoms with E-state index in [1.165, 1.54) is 38.4 Å². The number of amides is 1. The summed E-state index contributed by atoms with van der Waals surface area (Å²) in [4.78, 5) is 23.8. The molecule has 0 aliphatic heterocycles. The molecule has 25 heavy (non-hydrogen) atoms. The van der Waals surface area contributed by atoms with E-state index in [1.807, 2.05) is 0 Å². The Labute approximate surface area is 145 Å². The van der Waals surface area contributed by atoms with E-state index in [0.717, 1.165) is 17.0 Å². The van der Waals surface area contributed by atoms with Gasteiger partial charge in [0.1, 0.15) is 10.6 Å². The highest BCUT2D eigenvalue weighted by molar-refractivity contribution is 6.36. The summed E-state index contributed by atoms with van der Waals surface area (Å²) in [6.45, 7) is 0. The number of benzene rings is 2. The molecule has 0 saturated heterocycles. The predicted molar refractivity (Wildman–Crippen MR) is 86.6 cm³/mol. The Kier molecular flexibility index (Phi) is 5.03. The van der Waals surface area contributed by atoms with E-state index in [4.69, 9.17) is 11.6 Å². The van der Waals surface area contributed by atoms with Crippen molar-refractivity contribution in [1.29, 1.82) is 0 Å². The predicted octanol–water partition coefficient (Wildman–Crippen LogP) is 4.64. The molecule has 0 saturated carbocycles. The van der Waals surface area contributed by atoms with E-state index in [9.17, 15) is 28.1 Å². The van der Waals surface area contributed by atoms with Crippen LogP contribution in [0.25, 0.3) is 11.1 Å². The van der Waals surface area contributed by atoms with Crippen molar-refractivity contribution in [2.75, 3.05) is 14.1 Å². The van der Waals surface area contributed by atoms with Gasteiger partial charge in [0.15, 0.2) is 0 Å². The third-order valence-corrected chi connectivity index (χ3v) is 3.84. The summed E-state index contributed by atoms with van der Waals surface area (Å²) in [6, 6.07) is 6.66. The van der Waals surface area contributed by atoms with Gasteiger partial charge in [-0.3, -0.25) is 14.9 Å². The van der Waals surface area contributed by atoms with E-state index >= 15 is 0 Å². The number of hydrogen-bond acceptors (Lipinski definition) is 3. The van der Waals surface area contributed by atoms with E-state index in [2.05, 4.69) is 0 Å². The van der Waals surface area contributed by atoms with Gasteiger partial charge in [-0.15, -0.1) is 0 Å². The van der Waals surface area contributed by atoms with Crippen LogP contribution in [0.3, 0.4) is 0 Å². The van der Waals surface area contributed by atoms with Crippen LogP contribution in [0.1, 0.15) is 15.9 Å². The van der Waals surface area contributed by atoms with E-state index in [-0.39, 0.29) is 21.7 Å². The second kappa shape index (κ2) is 6.72. The van der Waals surface area contributed by atoms with Crippen LogP contribution in [-0.4, -0.2) is 29.8 Å². The number of nitrogens with zero attached hydrogens (tertiary/aromatic N) is 2. The molecule has 0 heterocycles. The summed E-state index contributed by atoms with van der Waals surface area (Å²) < 4.78 is 37.9. The van der Waals surface area contributed by atoms with Crippen molar-refractivity contribution < 1.29 is 22.9 Å². The Morgan fingerprint density at radius 3 is 2.12 bits per heavy atom. The fraction of sp³-hybridized carbons (Fsp3) is 0.188. The largest absolute Gasteiger partial charge is 0.416 e. The standard InChI is InChI=1S/C16H12ClF3N2O3/c1-21(2)15(23)12-8-7-11(13(17)14(12)22(24)25)9-3-5-10(6-4-9)16(18,19)20/h3-8H,1-2H3. The highest BCUT2D eigenvalue weighted by atomic mass is 35.5. The molecule has 0 atom stereocenters. The molecule has 9 heteroatoms. The van der Waals surface area contributed by atoms with Crippen LogP contribution in [-0.2, 0) is 6.18 Å². The summed E-state index contributed by atoms with van der Waals surface area (Å²) >= 11 is 6.09. The lowest BCUT2D eigenvalue weighted by atomic mass is 10.0. The molecule has 2 rings (SSSR count). The van der Waals surface area contributed by atoms with Gasteiger partial charge in [-0.1, -0.05) is 29.8 Å². The van der Waals surface area contributed by atoms with Crippen molar-refractivity contribution in [1.82, 2.24) is 4.90 Å². The monoisotopic (exact) mass is 372 g/mol. The number of nitro groups is 1. The van der Waals surface area contributed by atoms with Gasteiger partial charge in [-0.05, 0) is 23.8 Å². The molecule has 1 amide bonds. The zero-order valence-corrected chi connectivity index (χ0v) is 13.9. The molecule has 0 N–H and O–H groups in total. The number of halogens is 4. The van der Waals surface area contributed by atoms with Gasteiger partial charge in [0.2, 0.25) is 0 Å². The third-order valence-electron chi connectivity index (χ3n) is 3.46. The maximum absolute atomic E-state index is 12.6. The van der Waals surface area contributed by atoms with Gasteiger partial charge in [-0.25, -0.2) is 0 Å². The topological polar surface area (TPSA) is 63.5 Å². The first-order valence-corrected chi connectivity index (χ1v) is 7.28. The van der Waals surface area contributed by atoms with E-state index in [0.29, 0.717) is 0 Å². The number of carbonyl (C=O) groups is 1. The minimum absolute atomic E-state index is 0.164. The highest BCUT2D eigenvalue weighted by Gasteiger charge is 2.31. The summed E-state index contributed by atoms with van der Waals surface area (Å²) in [7, 11) is 2.87. The smallest absolute Gasteiger partial charge is 0.345 e. The van der Waals surface area contributed by atoms with Crippen molar-refractivity contribution in [2.24, 2.45) is 0 Å². The molecule has 5 nitrogen and oxygen atoms in total. The molecule has 0 fully saturated rings. The van der Waals surface area contributed by atoms with Crippen LogP contribution in [0.5, 0.6) is 0 Å². The van der Waals surface area contributed by atoms with Gasteiger partial charge >= 0.3 is 11.9 Å². The summed E-state index contributed by atoms with van der Waals surface area (Å²) in [5.74, 6) is -0.604. The van der Waals surface area contributed by atoms with Crippen LogP contribution in [0.15, 0.2) is 36.4 Å². The molecule has 0 spiro atoms. The van der Waals surface area contributed by atoms with Gasteiger partial charge in [-0.2, -0.15) is 13.2 Å². The fourth-order valence-corrected chi connectivity index (χ4v) is 2.56. The van der Waals surface area contributed by atoms with Crippen molar-refractivity contribution in [3.63, 3.8) is 0 Å². The Hall–Kier alpha value is -2.61. The second-order valence-corrected chi connectivity index (χ2v) is 5.73. The van der Waals surface area contributed by atoms with Crippen LogP contribution in [0, 0.1) is 10.1 Å². The normalized spacial score (nSPS) is 11.3. The molecular formula is C16H12ClF3N2O3. The highest BCUT2D eigenvalue weighted by Crippen LogP contribution is 2.39. The second-order valence-electron chi connectivity index (χ2n) is 5.36. The van der Waals surface area contributed by atoms with Crippen LogP contribution in [0.2, 0.25) is 5.02 Å². The Morgan fingerprint density at radius 1 is 1.12 bits per heavy atom. The van der Waals surface area contributed by atoms with E-state index in [1.54, 1.807) is 0 Å². The summed E-state index contributed by atoms with van der Waals surface area (Å²) in [6.07, 6.45) is -4.49. The zero-order valence-electron chi connectivity index (χ0n) is 13.1. The molecule has 2 aromatic rings. The number of nitro benzene ring substituents is 1. The lowest BCUT2D eigenvalue weighted by molar-refractivity contribution is -0.385. The third kappa shape index (κ3) is 3.74. The fourth-order valence-electron chi connectivity index (χ4n) is 2.22. The molecule has 0 aliphatic carbocycles. The molecular weight excluding hydrogens is 361 g/mol. The van der Waals surface area contributed by atoms with Crippen molar-refractivity contribution in [3.05, 3.63) is 62.7 Å². The minimum atomic E-state index is -4.49. The molecule has 132 valence electrons. The zero-order chi connectivity index (χ0) is 18.9. The van der Waals surface area contributed by atoms with Crippen LogP contribution >= 0.6 is 11.6 Å². The number of carbonyl (C=O) groups excluding carboxylic acids is 1. The molecule has 0 bridgehead atoms. The quantitative estimate of drug-likeness (QED) is 0.582. The SMILES string of the molecule is CN(C)C(=O)c1ccc(-c2ccc(C(F)(F)F)cc2)c(Cl)c1[N+](=O)[O-]. The van der Waals surface area contributed by atoms with Crippen LogP contribution < -0.4 is 0 Å². The molecule has 0 unspecified atom stereocenters. The number of alkyl halides is 3. The number of hydrogen-bond donors (Lipinski definition) is 0. The van der Waals surface area contributed by atoms with Gasteiger partial charge in [0.25, 0.3) is 5.91 Å². The minimum Gasteiger partial charge on any atom is -0.345 e. The number of rotatable bonds is 3. The lowest BCUT2D eigenvalue weighted by Gasteiger charge is -2.13. The Balaban J connectivity index is 2.59. The Bertz CT molecular complexity index is 834. The van der Waals surface area contributed by atoms with Crippen molar-refractivity contribution >= 4 is 23.2 Å². The first kappa shape index (κ1) is 18.7. The average molecular weight is 373 g/mol.